The third kappa shape index (κ3) is 9.05. The SMILES string of the molecule is CC(C)c1cccc(C(C)C)c1-n1c(-c2[c-]cccc2)nc2ccccc21.[2H]C([2H])([2H])c1c[c-]c(-c2nc3ccccc3n2-c2c(C(C)C)cc(-c3ccccc3)cc2C(C)C)c2sc3cc4ccccc4cc3c12.[Ir]. The molecule has 0 saturated carbocycles. The minimum atomic E-state index is -2.30. The van der Waals surface area contributed by atoms with Gasteiger partial charge in [-0.1, -0.05) is 170 Å². The zero-order chi connectivity index (χ0) is 52.3. The second-order valence-corrected chi connectivity index (χ2v) is 21.2. The Balaban J connectivity index is 0.000000199. The molecule has 0 aliphatic heterocycles. The summed E-state index contributed by atoms with van der Waals surface area (Å²) in [5.41, 5.74) is 16.2. The van der Waals surface area contributed by atoms with Crippen molar-refractivity contribution in [1.82, 2.24) is 19.1 Å². The molecule has 1 radical (unpaired) electrons. The second-order valence-electron chi connectivity index (χ2n) is 20.1. The molecular weight excluding hydrogens is 1090 g/mol. The predicted molar refractivity (Wildman–Crippen MR) is 308 cm³/mol. The van der Waals surface area contributed by atoms with Crippen molar-refractivity contribution in [2.75, 3.05) is 0 Å². The standard InChI is InChI=1S/C42H35N2S.C25H25N2.Ir/c1-25(2)33-22-31(28-13-7-6-8-14-28)23-34(26(3)4)40(33)44-37-18-12-11-17-36(37)43-42(44)32-20-19-27(5)39-35-21-29-15-9-10-16-30(29)24-38(35)45-41(32)39;1-17(2)20-13-10-14-21(18(3)4)24(20)27-23-16-9-8-15-22(23)26-25(27)19-11-6-5-7-12-19;/h6-19,21-26H,1-5H3;5-11,13-18H,1-4H3;/q2*-1;/i5D3;;. The van der Waals surface area contributed by atoms with Gasteiger partial charge in [-0.3, -0.25) is 9.97 Å². The molecule has 6 heteroatoms. The van der Waals surface area contributed by atoms with Gasteiger partial charge in [0, 0.05) is 40.3 Å². The molecule has 12 rings (SSSR count). The maximum absolute atomic E-state index is 8.51. The Hall–Kier alpha value is -6.95. The van der Waals surface area contributed by atoms with Crippen LogP contribution in [-0.2, 0) is 20.1 Å². The van der Waals surface area contributed by atoms with Crippen LogP contribution >= 0.6 is 11.3 Å². The largest absolute Gasteiger partial charge is 0.333 e. The van der Waals surface area contributed by atoms with Gasteiger partial charge in [-0.15, -0.1) is 53.6 Å². The number of aryl methyl sites for hydroxylation is 1. The average Bonchev–Trinajstić information content (AvgIpc) is 4.12. The fourth-order valence-corrected chi connectivity index (χ4v) is 11.7. The number of benzene rings is 9. The predicted octanol–water partition coefficient (Wildman–Crippen LogP) is 19.0. The van der Waals surface area contributed by atoms with Crippen LogP contribution in [-0.4, -0.2) is 19.1 Å². The van der Waals surface area contributed by atoms with E-state index in [0.717, 1.165) is 81.5 Å². The van der Waals surface area contributed by atoms with Crippen molar-refractivity contribution in [1.29, 1.82) is 0 Å². The number of nitrogens with zero attached hydrogens (tertiary/aromatic N) is 4. The molecule has 0 aliphatic rings. The molecule has 12 aromatic rings. The number of fused-ring (bicyclic) bond motifs is 6. The molecule has 0 bridgehead atoms. The molecule has 3 aromatic heterocycles. The molecule has 365 valence electrons. The van der Waals surface area contributed by atoms with Gasteiger partial charge >= 0.3 is 0 Å². The van der Waals surface area contributed by atoms with Gasteiger partial charge in [0.2, 0.25) is 0 Å². The number of aromatic nitrogens is 4. The first kappa shape index (κ1) is 45.9. The first-order valence-corrected chi connectivity index (χ1v) is 26.1. The van der Waals surface area contributed by atoms with Crippen LogP contribution in [0.2, 0.25) is 0 Å². The van der Waals surface area contributed by atoms with Crippen molar-refractivity contribution in [3.8, 4) is 45.3 Å². The number of hydrogen-bond acceptors (Lipinski definition) is 3. The third-order valence-corrected chi connectivity index (χ3v) is 15.2. The summed E-state index contributed by atoms with van der Waals surface area (Å²) in [5.74, 6) is 3.03. The Labute approximate surface area is 452 Å². The maximum Gasteiger partial charge on any atom is 0.0774 e. The molecule has 73 heavy (non-hydrogen) atoms. The number of hydrogen-bond donors (Lipinski definition) is 0. The van der Waals surface area contributed by atoms with E-state index in [0.29, 0.717) is 17.4 Å². The van der Waals surface area contributed by atoms with E-state index in [1.807, 2.05) is 36.4 Å². The molecule has 3 heterocycles. The Morgan fingerprint density at radius 3 is 1.63 bits per heavy atom. The van der Waals surface area contributed by atoms with E-state index in [2.05, 4.69) is 210 Å². The van der Waals surface area contributed by atoms with E-state index in [4.69, 9.17) is 14.1 Å². The first-order chi connectivity index (χ1) is 36.2. The van der Waals surface area contributed by atoms with Gasteiger partial charge in [-0.25, -0.2) is 0 Å². The summed E-state index contributed by atoms with van der Waals surface area (Å²) >= 11 is 1.63. The van der Waals surface area contributed by atoms with E-state index in [9.17, 15) is 0 Å². The molecule has 0 N–H and O–H groups in total. The van der Waals surface area contributed by atoms with Gasteiger partial charge in [0.15, 0.2) is 0 Å². The smallest absolute Gasteiger partial charge is 0.0774 e. The normalized spacial score (nSPS) is 12.5. The summed E-state index contributed by atoms with van der Waals surface area (Å²) in [5, 5.41) is 3.94. The van der Waals surface area contributed by atoms with Crippen LogP contribution in [0.1, 0.15) is 111 Å². The van der Waals surface area contributed by atoms with Gasteiger partial charge in [-0.05, 0) is 126 Å². The van der Waals surface area contributed by atoms with Gasteiger partial charge in [0.25, 0.3) is 0 Å². The minimum absolute atomic E-state index is 0. The Morgan fingerprint density at radius 2 is 1.04 bits per heavy atom. The molecule has 0 unspecified atom stereocenters. The monoisotopic (exact) mass is 1150 g/mol. The maximum atomic E-state index is 8.51. The zero-order valence-electron chi connectivity index (χ0n) is 45.6. The molecule has 0 atom stereocenters. The average molecular weight is 1150 g/mol. The summed E-state index contributed by atoms with van der Waals surface area (Å²) < 4.78 is 32.1. The quantitative estimate of drug-likeness (QED) is 0.135. The van der Waals surface area contributed by atoms with E-state index in [-0.39, 0.29) is 31.9 Å². The van der Waals surface area contributed by atoms with Crippen molar-refractivity contribution in [3.05, 3.63) is 216 Å². The Morgan fingerprint density at radius 1 is 0.507 bits per heavy atom. The van der Waals surface area contributed by atoms with Crippen LogP contribution in [0.3, 0.4) is 0 Å². The van der Waals surface area contributed by atoms with Crippen LogP contribution < -0.4 is 0 Å². The Bertz CT molecular complexity index is 4020. The van der Waals surface area contributed by atoms with Crippen molar-refractivity contribution >= 4 is 64.3 Å². The van der Waals surface area contributed by atoms with Crippen LogP contribution in [0.4, 0.5) is 0 Å². The van der Waals surface area contributed by atoms with Gasteiger partial charge in [0.05, 0.1) is 33.7 Å². The topological polar surface area (TPSA) is 35.6 Å². The number of rotatable bonds is 9. The molecule has 0 spiro atoms. The van der Waals surface area contributed by atoms with Crippen molar-refractivity contribution in [2.45, 2.75) is 85.9 Å². The van der Waals surface area contributed by atoms with E-state index in [1.165, 1.54) is 39.1 Å². The molecule has 0 fully saturated rings. The van der Waals surface area contributed by atoms with Crippen LogP contribution in [0.15, 0.2) is 176 Å². The van der Waals surface area contributed by atoms with Crippen molar-refractivity contribution in [3.63, 3.8) is 0 Å². The van der Waals surface area contributed by atoms with Gasteiger partial charge < -0.3 is 9.13 Å². The van der Waals surface area contributed by atoms with Crippen molar-refractivity contribution < 1.29 is 24.2 Å². The fourth-order valence-electron chi connectivity index (χ4n) is 10.4. The summed E-state index contributed by atoms with van der Waals surface area (Å²) in [7, 11) is 0. The van der Waals surface area contributed by atoms with E-state index in [1.54, 1.807) is 17.4 Å². The number of thiophene rings is 1. The molecule has 9 aromatic carbocycles. The molecule has 0 amide bonds. The van der Waals surface area contributed by atoms with Gasteiger partial charge in [-0.2, -0.15) is 11.3 Å². The summed E-state index contributed by atoms with van der Waals surface area (Å²) in [6, 6.07) is 67.8. The molecular formula is C67H60IrN4S-2. The minimum Gasteiger partial charge on any atom is -0.333 e. The third-order valence-electron chi connectivity index (χ3n) is 14.0. The van der Waals surface area contributed by atoms with E-state index < -0.39 is 6.85 Å². The molecule has 0 aliphatic carbocycles. The van der Waals surface area contributed by atoms with Crippen molar-refractivity contribution in [2.24, 2.45) is 0 Å². The molecule has 0 saturated heterocycles. The fraction of sp³-hybridized carbons (Fsp3) is 0.194. The summed E-state index contributed by atoms with van der Waals surface area (Å²) in [6.07, 6.45) is 0. The number of imidazole rings is 2. The van der Waals surface area contributed by atoms with Crippen LogP contribution in [0, 0.1) is 19.0 Å². The van der Waals surface area contributed by atoms with Crippen LogP contribution in [0.25, 0.3) is 98.3 Å². The molecule has 4 nitrogen and oxygen atoms in total. The summed E-state index contributed by atoms with van der Waals surface area (Å²) in [4.78, 5) is 10.3. The van der Waals surface area contributed by atoms with Gasteiger partial charge in [0.1, 0.15) is 0 Å². The second kappa shape index (κ2) is 20.5. The zero-order valence-corrected chi connectivity index (χ0v) is 45.8. The van der Waals surface area contributed by atoms with Crippen LogP contribution in [0.5, 0.6) is 0 Å². The Kier molecular flexibility index (Phi) is 12.9. The number of para-hydroxylation sites is 5. The van der Waals surface area contributed by atoms with E-state index >= 15 is 0 Å². The first-order valence-electron chi connectivity index (χ1n) is 26.8. The summed E-state index contributed by atoms with van der Waals surface area (Å²) in [6.45, 7) is 15.8.